The van der Waals surface area contributed by atoms with Gasteiger partial charge < -0.3 is 19.1 Å². The number of carbonyl (C=O) groups excluding carboxylic acids is 2. The zero-order chi connectivity index (χ0) is 19.3. The maximum absolute atomic E-state index is 12.9. The van der Waals surface area contributed by atoms with Crippen LogP contribution in [-0.4, -0.2) is 67.4 Å². The van der Waals surface area contributed by atoms with Crippen LogP contribution >= 0.6 is 0 Å². The Balaban J connectivity index is 2.07. The van der Waals surface area contributed by atoms with Crippen LogP contribution in [-0.2, 0) is 20.8 Å². The Morgan fingerprint density at radius 3 is 2.73 bits per heavy atom. The molecule has 0 bridgehead atoms. The van der Waals surface area contributed by atoms with Crippen LogP contribution < -0.4 is 4.74 Å². The highest BCUT2D eigenvalue weighted by Gasteiger charge is 2.36. The van der Waals surface area contributed by atoms with Crippen LogP contribution in [0.3, 0.4) is 0 Å². The number of carbonyl (C=O) groups is 2. The van der Waals surface area contributed by atoms with Gasteiger partial charge in [0.15, 0.2) is 0 Å². The summed E-state index contributed by atoms with van der Waals surface area (Å²) in [5.74, 6) is 0.554. The minimum atomic E-state index is -0.686. The van der Waals surface area contributed by atoms with E-state index in [4.69, 9.17) is 14.2 Å². The molecule has 0 aromatic heterocycles. The molecule has 0 saturated carbocycles. The van der Waals surface area contributed by atoms with Gasteiger partial charge in [0.2, 0.25) is 5.91 Å². The van der Waals surface area contributed by atoms with Gasteiger partial charge in [0, 0.05) is 20.1 Å². The van der Waals surface area contributed by atoms with Crippen molar-refractivity contribution < 1.29 is 23.8 Å². The van der Waals surface area contributed by atoms with Gasteiger partial charge in [0.1, 0.15) is 17.4 Å². The second-order valence-electron chi connectivity index (χ2n) is 7.31. The predicted octanol–water partition coefficient (Wildman–Crippen LogP) is 2.29. The third-order valence-corrected chi connectivity index (χ3v) is 3.97. The number of benzene rings is 1. The molecule has 1 atom stereocenters. The number of amides is 2. The lowest BCUT2D eigenvalue weighted by atomic mass is 10.1. The summed E-state index contributed by atoms with van der Waals surface area (Å²) < 4.78 is 16.1. The van der Waals surface area contributed by atoms with E-state index in [0.29, 0.717) is 19.7 Å². The van der Waals surface area contributed by atoms with E-state index in [-0.39, 0.29) is 12.5 Å². The lowest BCUT2D eigenvalue weighted by Gasteiger charge is -2.37. The van der Waals surface area contributed by atoms with E-state index in [1.165, 1.54) is 4.90 Å². The van der Waals surface area contributed by atoms with Gasteiger partial charge in [-0.15, -0.1) is 0 Å². The molecule has 1 fully saturated rings. The van der Waals surface area contributed by atoms with E-state index in [1.807, 2.05) is 24.3 Å². The summed E-state index contributed by atoms with van der Waals surface area (Å²) in [6, 6.07) is 6.85. The van der Waals surface area contributed by atoms with Crippen molar-refractivity contribution in [3.8, 4) is 5.75 Å². The summed E-state index contributed by atoms with van der Waals surface area (Å²) in [6.07, 6.45) is -0.492. The molecule has 26 heavy (non-hydrogen) atoms. The summed E-state index contributed by atoms with van der Waals surface area (Å²) in [5, 5.41) is 0. The average molecular weight is 364 g/mol. The Kier molecular flexibility index (Phi) is 6.47. The monoisotopic (exact) mass is 364 g/mol. The summed E-state index contributed by atoms with van der Waals surface area (Å²) in [6.45, 7) is 6.71. The van der Waals surface area contributed by atoms with Gasteiger partial charge in [-0.25, -0.2) is 4.79 Å². The smallest absolute Gasteiger partial charge is 0.411 e. The first-order valence-electron chi connectivity index (χ1n) is 8.66. The van der Waals surface area contributed by atoms with Crippen LogP contribution in [0.25, 0.3) is 0 Å². The zero-order valence-electron chi connectivity index (χ0n) is 16.2. The van der Waals surface area contributed by atoms with Crippen molar-refractivity contribution >= 4 is 12.0 Å². The van der Waals surface area contributed by atoms with Gasteiger partial charge in [-0.3, -0.25) is 9.69 Å². The molecule has 7 heteroatoms. The molecule has 7 nitrogen and oxygen atoms in total. The maximum atomic E-state index is 12.9. The molecule has 0 spiro atoms. The van der Waals surface area contributed by atoms with E-state index in [9.17, 15) is 9.59 Å². The maximum Gasteiger partial charge on any atom is 0.411 e. The van der Waals surface area contributed by atoms with Gasteiger partial charge in [-0.2, -0.15) is 0 Å². The molecule has 1 saturated heterocycles. The highest BCUT2D eigenvalue weighted by atomic mass is 16.6. The minimum absolute atomic E-state index is 0.167. The number of rotatable bonds is 4. The van der Waals surface area contributed by atoms with Crippen molar-refractivity contribution in [2.75, 3.05) is 33.9 Å². The zero-order valence-corrected chi connectivity index (χ0v) is 16.2. The fourth-order valence-corrected chi connectivity index (χ4v) is 2.72. The lowest BCUT2D eigenvalue weighted by molar-refractivity contribution is -0.142. The molecule has 1 aromatic rings. The standard InChI is InChI=1S/C19H28N2O5/c1-19(2,3)26-18(23)21-9-10-25-13-16(21)17(22)20(4)12-14-7-6-8-15(11-14)24-5/h6-8,11,16H,9-10,12-13H2,1-5H3. The quantitative estimate of drug-likeness (QED) is 0.820. The van der Waals surface area contributed by atoms with E-state index in [0.717, 1.165) is 11.3 Å². The summed E-state index contributed by atoms with van der Waals surface area (Å²) in [7, 11) is 3.32. The number of hydrogen-bond donors (Lipinski definition) is 0. The van der Waals surface area contributed by atoms with Crippen molar-refractivity contribution in [1.82, 2.24) is 9.80 Å². The van der Waals surface area contributed by atoms with E-state index < -0.39 is 17.7 Å². The molecule has 144 valence electrons. The summed E-state index contributed by atoms with van der Waals surface area (Å²) in [5.41, 5.74) is 0.330. The van der Waals surface area contributed by atoms with Gasteiger partial charge in [0.25, 0.3) is 0 Å². The summed E-state index contributed by atoms with van der Waals surface area (Å²) in [4.78, 5) is 28.4. The molecule has 1 aliphatic rings. The van der Waals surface area contributed by atoms with Crippen LogP contribution in [0.15, 0.2) is 24.3 Å². The largest absolute Gasteiger partial charge is 0.497 e. The molecule has 1 unspecified atom stereocenters. The number of nitrogens with zero attached hydrogens (tertiary/aromatic N) is 2. The highest BCUT2D eigenvalue weighted by molar-refractivity contribution is 5.86. The molecule has 1 heterocycles. The van der Waals surface area contributed by atoms with Crippen LogP contribution in [0.4, 0.5) is 4.79 Å². The molecule has 1 aromatic carbocycles. The second-order valence-corrected chi connectivity index (χ2v) is 7.31. The number of methoxy groups -OCH3 is 1. The van der Waals surface area contributed by atoms with Gasteiger partial charge in [-0.05, 0) is 38.5 Å². The number of morpholine rings is 1. The van der Waals surface area contributed by atoms with Crippen molar-refractivity contribution in [3.05, 3.63) is 29.8 Å². The third kappa shape index (κ3) is 5.36. The first kappa shape index (κ1) is 20.0. The van der Waals surface area contributed by atoms with Crippen molar-refractivity contribution in [3.63, 3.8) is 0 Å². The third-order valence-electron chi connectivity index (χ3n) is 3.97. The Bertz CT molecular complexity index is 641. The molecule has 0 N–H and O–H groups in total. The molecule has 2 amide bonds. The van der Waals surface area contributed by atoms with Crippen LogP contribution in [0.1, 0.15) is 26.3 Å². The predicted molar refractivity (Wildman–Crippen MR) is 97.0 cm³/mol. The van der Waals surface area contributed by atoms with Crippen molar-refractivity contribution in [1.29, 1.82) is 0 Å². The second kappa shape index (κ2) is 8.40. The minimum Gasteiger partial charge on any atom is -0.497 e. The van der Waals surface area contributed by atoms with Crippen molar-refractivity contribution in [2.45, 2.75) is 39.0 Å². The fraction of sp³-hybridized carbons (Fsp3) is 0.579. The van der Waals surface area contributed by atoms with Gasteiger partial charge >= 0.3 is 6.09 Å². The first-order chi connectivity index (χ1) is 12.2. The molecule has 0 aliphatic carbocycles. The molecule has 1 aliphatic heterocycles. The Hall–Kier alpha value is -2.28. The number of ether oxygens (including phenoxy) is 3. The Morgan fingerprint density at radius 1 is 1.35 bits per heavy atom. The van der Waals surface area contributed by atoms with E-state index in [2.05, 4.69) is 0 Å². The Morgan fingerprint density at radius 2 is 2.08 bits per heavy atom. The molecular formula is C19H28N2O5. The van der Waals surface area contributed by atoms with Gasteiger partial charge in [-0.1, -0.05) is 12.1 Å². The fourth-order valence-electron chi connectivity index (χ4n) is 2.72. The van der Waals surface area contributed by atoms with E-state index in [1.54, 1.807) is 39.8 Å². The van der Waals surface area contributed by atoms with Gasteiger partial charge in [0.05, 0.1) is 20.3 Å². The Labute approximate surface area is 154 Å². The first-order valence-corrected chi connectivity index (χ1v) is 8.66. The lowest BCUT2D eigenvalue weighted by Crippen LogP contribution is -2.56. The molecule has 0 radical (unpaired) electrons. The van der Waals surface area contributed by atoms with Crippen molar-refractivity contribution in [2.24, 2.45) is 0 Å². The number of likely N-dealkylation sites (N-methyl/N-ethyl adjacent to an activating group) is 1. The normalized spacial score (nSPS) is 17.6. The highest BCUT2D eigenvalue weighted by Crippen LogP contribution is 2.18. The molecular weight excluding hydrogens is 336 g/mol. The van der Waals surface area contributed by atoms with Crippen LogP contribution in [0.2, 0.25) is 0 Å². The van der Waals surface area contributed by atoms with Crippen LogP contribution in [0.5, 0.6) is 5.75 Å². The summed E-state index contributed by atoms with van der Waals surface area (Å²) >= 11 is 0. The number of hydrogen-bond acceptors (Lipinski definition) is 5. The molecule has 2 rings (SSSR count). The SMILES string of the molecule is COc1cccc(CN(C)C(=O)C2COCCN2C(=O)OC(C)(C)C)c1. The van der Waals surface area contributed by atoms with E-state index >= 15 is 0 Å². The average Bonchev–Trinajstić information content (AvgIpc) is 2.59. The van der Waals surface area contributed by atoms with Crippen LogP contribution in [0, 0.1) is 0 Å². The topological polar surface area (TPSA) is 68.3 Å².